The lowest BCUT2D eigenvalue weighted by Gasteiger charge is -2.26. The number of para-hydroxylation sites is 2. The molecule has 8 aromatic rings. The maximum Gasteiger partial charge on any atom is 0.216 e. The summed E-state index contributed by atoms with van der Waals surface area (Å²) in [7, 11) is 0. The zero-order valence-corrected chi connectivity index (χ0v) is 33.1. The minimum atomic E-state index is -0.362. The van der Waals surface area contributed by atoms with Crippen molar-refractivity contribution >= 4 is 69.4 Å². The normalized spacial score (nSPS) is 14.3. The molecule has 0 N–H and O–H groups in total. The number of carbonyl (C=O) groups is 4. The zero-order chi connectivity index (χ0) is 42.2. The number of nitrogens with zero attached hydrogens (tertiary/aromatic N) is 4. The first-order chi connectivity index (χ1) is 30.4. The number of aromatic nitrogens is 2. The van der Waals surface area contributed by atoms with Crippen LogP contribution in [0.2, 0.25) is 0 Å². The Morgan fingerprint density at radius 1 is 0.339 bits per heavy atom. The first-order valence-electron chi connectivity index (χ1n) is 20.0. The van der Waals surface area contributed by atoms with Gasteiger partial charge in [0.15, 0.2) is 11.6 Å². The largest absolute Gasteiger partial charge is 0.311 e. The van der Waals surface area contributed by atoms with Crippen LogP contribution in [0.5, 0.6) is 0 Å². The number of carbonyl (C=O) groups excluding carboxylic acids is 4. The van der Waals surface area contributed by atoms with E-state index in [0.29, 0.717) is 11.1 Å². The van der Waals surface area contributed by atoms with Gasteiger partial charge in [-0.3, -0.25) is 29.1 Å². The van der Waals surface area contributed by atoms with Crippen molar-refractivity contribution in [2.45, 2.75) is 0 Å². The standard InChI is InChI=1S/C54H34N4O4/c59-51-45-16-8-30-55-49(45)53(61)47(51)33-35-18-24-41(25-19-35)57(39-11-3-1-4-12-39)42-26-20-37(21-27-42)38-22-28-43(29-23-38)58(40-13-5-2-6-14-40)44-15-7-10-36(32-44)34-48-52(60)46-17-9-31-56-50(46)54(48)62/h1-34H/b47-33-,48-34-. The fourth-order valence-corrected chi connectivity index (χ4v) is 8.01. The molecule has 10 rings (SSSR count). The van der Waals surface area contributed by atoms with Gasteiger partial charge in [0.05, 0.1) is 22.3 Å². The molecule has 0 saturated heterocycles. The molecule has 2 heterocycles. The fraction of sp³-hybridized carbons (Fsp3) is 0. The highest BCUT2D eigenvalue weighted by molar-refractivity contribution is 6.41. The van der Waals surface area contributed by atoms with Gasteiger partial charge in [-0.05, 0) is 131 Å². The second-order valence-electron chi connectivity index (χ2n) is 14.9. The minimum absolute atomic E-state index is 0.109. The Bertz CT molecular complexity index is 3050. The van der Waals surface area contributed by atoms with E-state index in [1.54, 1.807) is 36.4 Å². The number of benzene rings is 6. The average molecular weight is 803 g/mol. The lowest BCUT2D eigenvalue weighted by atomic mass is 10.0. The van der Waals surface area contributed by atoms with Crippen molar-refractivity contribution in [1.82, 2.24) is 9.97 Å². The van der Waals surface area contributed by atoms with Crippen molar-refractivity contribution in [3.63, 3.8) is 0 Å². The molecule has 0 spiro atoms. The second-order valence-corrected chi connectivity index (χ2v) is 14.9. The Morgan fingerprint density at radius 3 is 1.21 bits per heavy atom. The fourth-order valence-electron chi connectivity index (χ4n) is 8.01. The predicted molar refractivity (Wildman–Crippen MR) is 243 cm³/mol. The van der Waals surface area contributed by atoms with Crippen LogP contribution in [-0.4, -0.2) is 33.1 Å². The maximum absolute atomic E-state index is 13.1. The van der Waals surface area contributed by atoms with Gasteiger partial charge in [0.1, 0.15) is 11.4 Å². The van der Waals surface area contributed by atoms with Crippen molar-refractivity contribution in [3.8, 4) is 11.1 Å². The van der Waals surface area contributed by atoms with Gasteiger partial charge in [-0.1, -0.05) is 84.9 Å². The van der Waals surface area contributed by atoms with E-state index >= 15 is 0 Å². The highest BCUT2D eigenvalue weighted by Gasteiger charge is 2.35. The van der Waals surface area contributed by atoms with Crippen LogP contribution >= 0.6 is 0 Å². The van der Waals surface area contributed by atoms with Crippen LogP contribution in [0.4, 0.5) is 34.1 Å². The molecule has 0 radical (unpaired) electrons. The number of ketones is 4. The topological polar surface area (TPSA) is 101 Å². The van der Waals surface area contributed by atoms with Gasteiger partial charge in [0.25, 0.3) is 0 Å². The summed E-state index contributed by atoms with van der Waals surface area (Å²) < 4.78 is 0. The summed E-state index contributed by atoms with van der Waals surface area (Å²) in [5, 5.41) is 0. The summed E-state index contributed by atoms with van der Waals surface area (Å²) in [6.07, 6.45) is 6.34. The van der Waals surface area contributed by atoms with Gasteiger partial charge in [-0.15, -0.1) is 0 Å². The van der Waals surface area contributed by atoms with Gasteiger partial charge in [-0.25, -0.2) is 0 Å². The molecule has 2 aliphatic carbocycles. The average Bonchev–Trinajstić information content (AvgIpc) is 3.71. The van der Waals surface area contributed by atoms with Crippen LogP contribution in [0.3, 0.4) is 0 Å². The quantitative estimate of drug-likeness (QED) is 0.105. The molecule has 0 fully saturated rings. The predicted octanol–water partition coefficient (Wildman–Crippen LogP) is 12.0. The van der Waals surface area contributed by atoms with Crippen molar-refractivity contribution in [2.75, 3.05) is 9.80 Å². The van der Waals surface area contributed by atoms with Crippen LogP contribution in [0, 0.1) is 0 Å². The van der Waals surface area contributed by atoms with Crippen LogP contribution in [-0.2, 0) is 0 Å². The van der Waals surface area contributed by atoms with E-state index in [4.69, 9.17) is 0 Å². The molecule has 62 heavy (non-hydrogen) atoms. The van der Waals surface area contributed by atoms with Crippen molar-refractivity contribution in [2.24, 2.45) is 0 Å². The first kappa shape index (κ1) is 37.6. The third-order valence-corrected chi connectivity index (χ3v) is 11.0. The Balaban J connectivity index is 0.922. The summed E-state index contributed by atoms with van der Waals surface area (Å²) in [4.78, 5) is 64.8. The molecule has 0 bridgehead atoms. The molecule has 8 nitrogen and oxygen atoms in total. The molecule has 0 amide bonds. The number of pyridine rings is 2. The smallest absolute Gasteiger partial charge is 0.216 e. The zero-order valence-electron chi connectivity index (χ0n) is 33.1. The highest BCUT2D eigenvalue weighted by Crippen LogP contribution is 2.39. The molecule has 6 aromatic carbocycles. The van der Waals surface area contributed by atoms with Gasteiger partial charge in [0.2, 0.25) is 11.6 Å². The monoisotopic (exact) mass is 802 g/mol. The number of fused-ring (bicyclic) bond motifs is 2. The summed E-state index contributed by atoms with van der Waals surface area (Å²) in [6.45, 7) is 0. The lowest BCUT2D eigenvalue weighted by Crippen LogP contribution is -2.10. The summed E-state index contributed by atoms with van der Waals surface area (Å²) in [6, 6.07) is 59.1. The van der Waals surface area contributed by atoms with E-state index in [1.807, 2.05) is 97.1 Å². The Hall–Kier alpha value is -8.62. The van der Waals surface area contributed by atoms with Crippen molar-refractivity contribution < 1.29 is 19.2 Å². The molecular weight excluding hydrogens is 769 g/mol. The summed E-state index contributed by atoms with van der Waals surface area (Å²) >= 11 is 0. The van der Waals surface area contributed by atoms with Crippen molar-refractivity contribution in [1.29, 1.82) is 0 Å². The Morgan fingerprint density at radius 2 is 0.742 bits per heavy atom. The molecule has 2 aromatic heterocycles. The number of hydrogen-bond acceptors (Lipinski definition) is 8. The van der Waals surface area contributed by atoms with E-state index < -0.39 is 0 Å². The Labute approximate surface area is 357 Å². The van der Waals surface area contributed by atoms with Gasteiger partial charge in [-0.2, -0.15) is 0 Å². The molecule has 0 aliphatic heterocycles. The lowest BCUT2D eigenvalue weighted by molar-refractivity contribution is 0.0973. The maximum atomic E-state index is 13.1. The van der Waals surface area contributed by atoms with E-state index in [1.165, 1.54) is 12.4 Å². The van der Waals surface area contributed by atoms with E-state index in [-0.39, 0.29) is 45.7 Å². The van der Waals surface area contributed by atoms with Crippen LogP contribution in [0.1, 0.15) is 52.8 Å². The highest BCUT2D eigenvalue weighted by atomic mass is 16.2. The molecule has 0 saturated carbocycles. The number of anilines is 6. The number of allylic oxidation sites excluding steroid dienone is 2. The van der Waals surface area contributed by atoms with E-state index in [0.717, 1.165) is 56.4 Å². The summed E-state index contributed by atoms with van der Waals surface area (Å²) in [5.74, 6) is -1.34. The third kappa shape index (κ3) is 6.91. The third-order valence-electron chi connectivity index (χ3n) is 11.0. The molecule has 2 aliphatic rings. The first-order valence-corrected chi connectivity index (χ1v) is 20.0. The van der Waals surface area contributed by atoms with Crippen LogP contribution < -0.4 is 9.80 Å². The van der Waals surface area contributed by atoms with Crippen molar-refractivity contribution in [3.05, 3.63) is 239 Å². The second kappa shape index (κ2) is 15.9. The molecule has 8 heteroatoms. The van der Waals surface area contributed by atoms with Gasteiger partial charge >= 0.3 is 0 Å². The molecule has 0 unspecified atom stereocenters. The van der Waals surface area contributed by atoms with Crippen LogP contribution in [0.25, 0.3) is 23.3 Å². The molecule has 294 valence electrons. The minimum Gasteiger partial charge on any atom is -0.311 e. The SMILES string of the molecule is O=C1/C(=C/c2ccc(N(c3ccccc3)c3ccc(-c4ccc(N(c5ccccc5)c5cccc(/C=C6/C(=O)c7cccnc7C6=O)c5)cc4)cc3)cc2)C(=O)c2ncccc21. The van der Waals surface area contributed by atoms with Crippen LogP contribution in [0.15, 0.2) is 206 Å². The van der Waals surface area contributed by atoms with Gasteiger partial charge in [0, 0.05) is 46.5 Å². The Kier molecular flexibility index (Phi) is 9.63. The van der Waals surface area contributed by atoms with Gasteiger partial charge < -0.3 is 9.80 Å². The number of Topliss-reactive ketones (excluding diaryl/α,β-unsaturated/α-hetero) is 4. The van der Waals surface area contributed by atoms with E-state index in [2.05, 4.69) is 80.4 Å². The summed E-state index contributed by atoms with van der Waals surface area (Å²) in [5.41, 5.74) is 10.4. The molecular formula is C54H34N4O4. The number of rotatable bonds is 9. The van der Waals surface area contributed by atoms with E-state index in [9.17, 15) is 19.2 Å². The number of hydrogen-bond donors (Lipinski definition) is 0. The molecule has 0 atom stereocenters.